The van der Waals surface area contributed by atoms with Gasteiger partial charge in [-0.3, -0.25) is 0 Å². The van der Waals surface area contributed by atoms with Crippen molar-refractivity contribution in [2.75, 3.05) is 32.3 Å². The fourth-order valence-electron chi connectivity index (χ4n) is 4.37. The Labute approximate surface area is 183 Å². The van der Waals surface area contributed by atoms with E-state index >= 15 is 0 Å². The molecule has 1 aliphatic heterocycles. The molecule has 164 valence electrons. The van der Waals surface area contributed by atoms with Crippen molar-refractivity contribution in [2.45, 2.75) is 44.4 Å². The number of carbonyl (C=O) groups is 1. The molecule has 0 bridgehead atoms. The Balaban J connectivity index is 2.09. The Morgan fingerprint density at radius 1 is 1.30 bits per heavy atom. The van der Waals surface area contributed by atoms with Crippen LogP contribution in [-0.4, -0.2) is 61.4 Å². The molecule has 2 aliphatic rings. The Bertz CT molecular complexity index is 964. The van der Waals surface area contributed by atoms with Crippen LogP contribution in [0, 0.1) is 5.31 Å². The Kier molecular flexibility index (Phi) is 6.62. The monoisotopic (exact) mass is 502 g/mol. The number of nitrogens with one attached hydrogen (secondary N) is 1. The van der Waals surface area contributed by atoms with Gasteiger partial charge < -0.3 is 0 Å². The molecule has 2 heterocycles. The van der Waals surface area contributed by atoms with Gasteiger partial charge in [-0.25, -0.2) is 0 Å². The SMILES string of the molecule is CCOP(=O)(OCC)[C@H]1CCC2(C1)N(C)C(=O)c1c(OB=N)c(=O)c(Br)cn1N2C. The molecule has 1 amide bonds. The van der Waals surface area contributed by atoms with Gasteiger partial charge in [-0.05, 0) is 0 Å². The average molecular weight is 503 g/mol. The van der Waals surface area contributed by atoms with E-state index in [9.17, 15) is 14.2 Å². The molecule has 30 heavy (non-hydrogen) atoms. The molecule has 1 spiro atoms. The molecule has 0 radical (unpaired) electrons. The summed E-state index contributed by atoms with van der Waals surface area (Å²) in [6, 6.07) is 0. The van der Waals surface area contributed by atoms with Gasteiger partial charge in [0.25, 0.3) is 0 Å². The summed E-state index contributed by atoms with van der Waals surface area (Å²) in [6.07, 6.45) is 3.00. The summed E-state index contributed by atoms with van der Waals surface area (Å²) in [5.74, 6) is -0.639. The minimum atomic E-state index is -3.34. The zero-order chi connectivity index (χ0) is 22.3. The van der Waals surface area contributed by atoms with Crippen molar-refractivity contribution in [3.63, 3.8) is 0 Å². The van der Waals surface area contributed by atoms with E-state index in [2.05, 4.69) is 15.9 Å². The summed E-state index contributed by atoms with van der Waals surface area (Å²) < 4.78 is 31.3. The molecule has 2 atom stereocenters. The van der Waals surface area contributed by atoms with E-state index in [-0.39, 0.29) is 34.8 Å². The van der Waals surface area contributed by atoms with Gasteiger partial charge >= 0.3 is 184 Å². The van der Waals surface area contributed by atoms with Crippen LogP contribution in [0.4, 0.5) is 0 Å². The molecule has 13 heteroatoms. The number of pyridine rings is 1. The Morgan fingerprint density at radius 3 is 2.50 bits per heavy atom. The molecule has 1 aromatic rings. The average Bonchev–Trinajstić information content (AvgIpc) is 3.16. The topological polar surface area (TPSA) is 114 Å². The summed E-state index contributed by atoms with van der Waals surface area (Å²) in [7, 11) is 0.725. The van der Waals surface area contributed by atoms with Gasteiger partial charge in [-0.2, -0.15) is 0 Å². The molecule has 1 N–H and O–H groups in total. The fourth-order valence-corrected chi connectivity index (χ4v) is 6.92. The molecule has 1 saturated carbocycles. The number of hydrogen-bond donors (Lipinski definition) is 1. The van der Waals surface area contributed by atoms with Gasteiger partial charge in [0.05, 0.1) is 0 Å². The first-order valence-corrected chi connectivity index (χ1v) is 12.1. The number of fused-ring (bicyclic) bond motifs is 1. The second kappa shape index (κ2) is 8.57. The molecule has 3 rings (SSSR count). The van der Waals surface area contributed by atoms with E-state index in [1.165, 1.54) is 6.20 Å². The van der Waals surface area contributed by atoms with Crippen molar-refractivity contribution < 1.29 is 23.1 Å². The van der Waals surface area contributed by atoms with Crippen LogP contribution in [-0.2, 0) is 13.6 Å². The van der Waals surface area contributed by atoms with Crippen LogP contribution in [0.3, 0.4) is 0 Å². The number of amides is 1. The van der Waals surface area contributed by atoms with Gasteiger partial charge in [0.15, 0.2) is 0 Å². The van der Waals surface area contributed by atoms with Crippen molar-refractivity contribution in [1.82, 2.24) is 9.58 Å². The summed E-state index contributed by atoms with van der Waals surface area (Å²) >= 11 is 3.21. The fraction of sp³-hybridized carbons (Fsp3) is 0.647. The van der Waals surface area contributed by atoms with E-state index in [0.29, 0.717) is 26.5 Å². The van der Waals surface area contributed by atoms with E-state index in [0.717, 1.165) is 0 Å². The third-order valence-electron chi connectivity index (χ3n) is 5.84. The van der Waals surface area contributed by atoms with Crippen LogP contribution in [0.15, 0.2) is 15.5 Å². The van der Waals surface area contributed by atoms with Gasteiger partial charge in [0.2, 0.25) is 0 Å². The van der Waals surface area contributed by atoms with Crippen molar-refractivity contribution in [1.29, 1.82) is 5.31 Å². The van der Waals surface area contributed by atoms with Crippen LogP contribution in [0.5, 0.6) is 5.75 Å². The number of halogens is 1. The van der Waals surface area contributed by atoms with E-state index < -0.39 is 24.6 Å². The maximum absolute atomic E-state index is 13.4. The number of hydrogen-bond acceptors (Lipinski definition) is 8. The van der Waals surface area contributed by atoms with Crippen molar-refractivity contribution in [3.05, 3.63) is 26.6 Å². The van der Waals surface area contributed by atoms with Crippen LogP contribution >= 0.6 is 23.5 Å². The summed E-state index contributed by atoms with van der Waals surface area (Å²) in [5.41, 5.74) is -1.63. The van der Waals surface area contributed by atoms with E-state index in [1.807, 2.05) is 5.01 Å². The summed E-state index contributed by atoms with van der Waals surface area (Å²) in [4.78, 5) is 27.4. The molecule has 0 saturated heterocycles. The zero-order valence-corrected chi connectivity index (χ0v) is 19.9. The number of aromatic nitrogens is 1. The standard InChI is InChI=1S/C17H25BBrN4O6P/c1-5-27-30(26,28-6-2)11-7-8-17(9-11)21(3)16(25)13-15(29-18-20)14(24)12(19)10-23(13)22(17)4/h10-11,20H,5-9H2,1-4H3/t11-,17?/m0/s1. The zero-order valence-electron chi connectivity index (χ0n) is 17.4. The summed E-state index contributed by atoms with van der Waals surface area (Å²) in [6.45, 7) is 4.08. The van der Waals surface area contributed by atoms with E-state index in [1.54, 1.807) is 37.5 Å². The molecule has 1 aromatic heterocycles. The van der Waals surface area contributed by atoms with Crippen LogP contribution in [0.2, 0.25) is 0 Å². The first kappa shape index (κ1) is 23.2. The third kappa shape index (κ3) is 3.47. The van der Waals surface area contributed by atoms with E-state index in [4.69, 9.17) is 19.0 Å². The number of carbonyl (C=O) groups excluding carboxylic acids is 1. The first-order chi connectivity index (χ1) is 14.2. The van der Waals surface area contributed by atoms with Crippen molar-refractivity contribution in [2.24, 2.45) is 0 Å². The summed E-state index contributed by atoms with van der Waals surface area (Å²) in [5, 5.41) is 9.06. The molecule has 1 fully saturated rings. The van der Waals surface area contributed by atoms with Crippen molar-refractivity contribution >= 4 is 36.7 Å². The Morgan fingerprint density at radius 2 is 1.93 bits per heavy atom. The third-order valence-corrected chi connectivity index (χ3v) is 8.98. The minimum absolute atomic E-state index is 0.0311. The van der Waals surface area contributed by atoms with Gasteiger partial charge in [0.1, 0.15) is 0 Å². The number of nitrogens with zero attached hydrogens (tertiary/aromatic N) is 3. The molecule has 1 aliphatic carbocycles. The molecule has 0 aromatic carbocycles. The normalized spacial score (nSPS) is 23.6. The molecule has 10 nitrogen and oxygen atoms in total. The second-order valence-electron chi connectivity index (χ2n) is 7.21. The van der Waals surface area contributed by atoms with Crippen LogP contribution < -0.4 is 15.1 Å². The molecular formula is C17H25BBrN4O6P. The maximum atomic E-state index is 13.4. The van der Waals surface area contributed by atoms with Gasteiger partial charge in [-0.15, -0.1) is 0 Å². The molecular weight excluding hydrogens is 478 g/mol. The Hall–Kier alpha value is -1.49. The predicted molar refractivity (Wildman–Crippen MR) is 115 cm³/mol. The number of rotatable bonds is 7. The van der Waals surface area contributed by atoms with Crippen molar-refractivity contribution in [3.8, 4) is 5.75 Å². The van der Waals surface area contributed by atoms with Crippen LogP contribution in [0.25, 0.3) is 0 Å². The predicted octanol–water partition coefficient (Wildman–Crippen LogP) is 2.54. The molecule has 1 unspecified atom stereocenters. The quantitative estimate of drug-likeness (QED) is 0.450. The second-order valence-corrected chi connectivity index (χ2v) is 10.4. The van der Waals surface area contributed by atoms with Gasteiger partial charge in [-0.1, -0.05) is 0 Å². The van der Waals surface area contributed by atoms with Gasteiger partial charge in [0, 0.05) is 0 Å². The van der Waals surface area contributed by atoms with Crippen LogP contribution in [0.1, 0.15) is 43.6 Å². The first-order valence-electron chi connectivity index (χ1n) is 9.68.